The molecule has 0 fully saturated rings. The van der Waals surface area contributed by atoms with Crippen molar-refractivity contribution in [1.82, 2.24) is 9.97 Å². The van der Waals surface area contributed by atoms with E-state index in [4.69, 9.17) is 0 Å². The van der Waals surface area contributed by atoms with Gasteiger partial charge in [0.1, 0.15) is 0 Å². The summed E-state index contributed by atoms with van der Waals surface area (Å²) in [7, 11) is 0. The third kappa shape index (κ3) is 1.09. The molecule has 1 heterocycles. The Bertz CT molecular complexity index is 430. The van der Waals surface area contributed by atoms with Gasteiger partial charge in [-0.25, -0.2) is 4.98 Å². The van der Waals surface area contributed by atoms with Crippen LogP contribution in [0.4, 0.5) is 0 Å². The molecule has 0 amide bonds. The molecule has 0 radical (unpaired) electrons. The Balaban J connectivity index is 2.90. The van der Waals surface area contributed by atoms with Gasteiger partial charge >= 0.3 is 0 Å². The first-order chi connectivity index (χ1) is 5.36. The quantitative estimate of drug-likeness (QED) is 0.519. The molecule has 1 aromatic heterocycles. The summed E-state index contributed by atoms with van der Waals surface area (Å²) in [5, 5.41) is 1.76. The number of H-pyrrole nitrogens is 1. The van der Waals surface area contributed by atoms with Crippen molar-refractivity contribution in [1.29, 1.82) is 0 Å². The highest BCUT2D eigenvalue weighted by atomic mass is 16.1. The van der Waals surface area contributed by atoms with E-state index in [9.17, 15) is 4.79 Å². The molecule has 0 atom stereocenters. The van der Waals surface area contributed by atoms with E-state index < -0.39 is 0 Å². The van der Waals surface area contributed by atoms with E-state index in [1.54, 1.807) is 0 Å². The Hall–Kier alpha value is -1.38. The third-order valence-corrected chi connectivity index (χ3v) is 1.71. The number of nitrogens with one attached hydrogen (secondary N) is 1. The van der Waals surface area contributed by atoms with E-state index in [-0.39, 0.29) is 5.56 Å². The summed E-state index contributed by atoms with van der Waals surface area (Å²) in [6, 6.07) is 0. The Kier molecular flexibility index (Phi) is 1.35. The Labute approximate surface area is 63.1 Å². The molecule has 1 aliphatic carbocycles. The average molecular weight is 148 g/mol. The molecule has 0 unspecified atom stereocenters. The van der Waals surface area contributed by atoms with Gasteiger partial charge in [0.25, 0.3) is 5.56 Å². The summed E-state index contributed by atoms with van der Waals surface area (Å²) in [5.41, 5.74) is -0.129. The van der Waals surface area contributed by atoms with E-state index in [1.807, 2.05) is 12.2 Å². The summed E-state index contributed by atoms with van der Waals surface area (Å²) in [5.74, 6) is 0. The predicted molar refractivity (Wildman–Crippen MR) is 42.3 cm³/mol. The number of fused-ring (bicyclic) bond motifs is 1. The molecule has 11 heavy (non-hydrogen) atoms. The van der Waals surface area contributed by atoms with Gasteiger partial charge in [-0.15, -0.1) is 0 Å². The second kappa shape index (κ2) is 2.34. The molecule has 1 aromatic rings. The molecule has 2 rings (SSSR count). The van der Waals surface area contributed by atoms with Gasteiger partial charge in [-0.05, 0) is 12.8 Å². The summed E-state index contributed by atoms with van der Waals surface area (Å²) in [6.07, 6.45) is 7.37. The third-order valence-electron chi connectivity index (χ3n) is 1.71. The van der Waals surface area contributed by atoms with Crippen LogP contribution in [0.2, 0.25) is 0 Å². The van der Waals surface area contributed by atoms with E-state index in [0.717, 1.165) is 23.5 Å². The molecule has 0 saturated heterocycles. The van der Waals surface area contributed by atoms with Crippen molar-refractivity contribution in [2.75, 3.05) is 0 Å². The molecule has 1 N–H and O–H groups in total. The number of rotatable bonds is 0. The maximum Gasteiger partial charge on any atom is 0.266 e. The van der Waals surface area contributed by atoms with Crippen LogP contribution in [0.25, 0.3) is 12.2 Å². The SMILES string of the molecule is O=c1cnc2c([nH]1)=CCCC=2. The largest absolute Gasteiger partial charge is 0.320 e. The standard InChI is InChI=1S/C8H8N2O/c11-8-5-9-6-3-1-2-4-7(6)10-8/h3-5H,1-2H2,(H,10,11). The Morgan fingerprint density at radius 1 is 1.36 bits per heavy atom. The Morgan fingerprint density at radius 3 is 3.09 bits per heavy atom. The monoisotopic (exact) mass is 148 g/mol. The number of aromatic amines is 1. The van der Waals surface area contributed by atoms with Crippen LogP contribution in [0.1, 0.15) is 12.8 Å². The molecule has 0 aromatic carbocycles. The average Bonchev–Trinajstić information content (AvgIpc) is 2.04. The van der Waals surface area contributed by atoms with Gasteiger partial charge in [0.15, 0.2) is 0 Å². The zero-order valence-corrected chi connectivity index (χ0v) is 6.00. The zero-order valence-electron chi connectivity index (χ0n) is 6.00. The molecule has 3 nitrogen and oxygen atoms in total. The minimum Gasteiger partial charge on any atom is -0.320 e. The molecule has 3 heteroatoms. The van der Waals surface area contributed by atoms with Crippen LogP contribution in [0, 0.1) is 0 Å². The summed E-state index contributed by atoms with van der Waals surface area (Å²) >= 11 is 0. The van der Waals surface area contributed by atoms with Crippen LogP contribution in [-0.4, -0.2) is 9.97 Å². The minimum atomic E-state index is -0.129. The highest BCUT2D eigenvalue weighted by molar-refractivity contribution is 5.32. The van der Waals surface area contributed by atoms with Crippen molar-refractivity contribution in [2.24, 2.45) is 0 Å². The minimum absolute atomic E-state index is 0.129. The van der Waals surface area contributed by atoms with E-state index >= 15 is 0 Å². The molecule has 0 bridgehead atoms. The van der Waals surface area contributed by atoms with Crippen LogP contribution >= 0.6 is 0 Å². The van der Waals surface area contributed by atoms with Gasteiger partial charge in [0.05, 0.1) is 16.9 Å². The molecular weight excluding hydrogens is 140 g/mol. The molecule has 56 valence electrons. The number of nitrogens with zero attached hydrogens (tertiary/aromatic N) is 1. The highest BCUT2D eigenvalue weighted by Crippen LogP contribution is 1.91. The molecule has 1 aliphatic rings. The van der Waals surface area contributed by atoms with Crippen molar-refractivity contribution in [3.05, 3.63) is 27.2 Å². The number of hydrogen-bond acceptors (Lipinski definition) is 2. The van der Waals surface area contributed by atoms with E-state index in [1.165, 1.54) is 6.20 Å². The van der Waals surface area contributed by atoms with Crippen molar-refractivity contribution >= 4 is 12.2 Å². The van der Waals surface area contributed by atoms with Crippen molar-refractivity contribution in [3.8, 4) is 0 Å². The van der Waals surface area contributed by atoms with Gasteiger partial charge in [-0.2, -0.15) is 0 Å². The van der Waals surface area contributed by atoms with Crippen LogP contribution in [0.3, 0.4) is 0 Å². The lowest BCUT2D eigenvalue weighted by atomic mass is 10.2. The highest BCUT2D eigenvalue weighted by Gasteiger charge is 1.93. The van der Waals surface area contributed by atoms with Gasteiger partial charge in [0.2, 0.25) is 0 Å². The maximum absolute atomic E-state index is 10.8. The molecular formula is C8H8N2O. The van der Waals surface area contributed by atoms with Crippen LogP contribution in [0.5, 0.6) is 0 Å². The van der Waals surface area contributed by atoms with Crippen LogP contribution in [-0.2, 0) is 0 Å². The molecule has 0 saturated carbocycles. The zero-order chi connectivity index (χ0) is 7.68. The number of hydrogen-bond donors (Lipinski definition) is 1. The van der Waals surface area contributed by atoms with Gasteiger partial charge < -0.3 is 4.98 Å². The lowest BCUT2D eigenvalue weighted by Gasteiger charge is -1.96. The number of aromatic nitrogens is 2. The van der Waals surface area contributed by atoms with E-state index in [2.05, 4.69) is 9.97 Å². The van der Waals surface area contributed by atoms with Gasteiger partial charge in [-0.1, -0.05) is 12.2 Å². The fraction of sp³-hybridized carbons (Fsp3) is 0.250. The Morgan fingerprint density at radius 2 is 2.18 bits per heavy atom. The smallest absolute Gasteiger partial charge is 0.266 e. The fourth-order valence-electron chi connectivity index (χ4n) is 1.19. The predicted octanol–water partition coefficient (Wildman–Crippen LogP) is -0.875. The normalized spacial score (nSPS) is 14.5. The second-order valence-corrected chi connectivity index (χ2v) is 2.53. The summed E-state index contributed by atoms with van der Waals surface area (Å²) < 4.78 is 0. The second-order valence-electron chi connectivity index (χ2n) is 2.53. The van der Waals surface area contributed by atoms with Crippen LogP contribution < -0.4 is 16.3 Å². The fourth-order valence-corrected chi connectivity index (χ4v) is 1.19. The lowest BCUT2D eigenvalue weighted by Crippen LogP contribution is -2.37. The van der Waals surface area contributed by atoms with Gasteiger partial charge in [0, 0.05) is 0 Å². The van der Waals surface area contributed by atoms with Crippen LogP contribution in [0.15, 0.2) is 11.0 Å². The first-order valence-corrected chi connectivity index (χ1v) is 3.62. The first kappa shape index (κ1) is 6.34. The van der Waals surface area contributed by atoms with Gasteiger partial charge in [-0.3, -0.25) is 4.79 Å². The lowest BCUT2D eigenvalue weighted by molar-refractivity contribution is 0.993. The topological polar surface area (TPSA) is 45.8 Å². The maximum atomic E-state index is 10.8. The van der Waals surface area contributed by atoms with Crippen molar-refractivity contribution in [3.63, 3.8) is 0 Å². The van der Waals surface area contributed by atoms with Crippen molar-refractivity contribution < 1.29 is 0 Å². The summed E-state index contributed by atoms with van der Waals surface area (Å²) in [4.78, 5) is 17.5. The molecule has 0 spiro atoms. The van der Waals surface area contributed by atoms with Crippen molar-refractivity contribution in [2.45, 2.75) is 12.8 Å². The van der Waals surface area contributed by atoms with E-state index in [0.29, 0.717) is 0 Å². The molecule has 0 aliphatic heterocycles. The first-order valence-electron chi connectivity index (χ1n) is 3.62. The summed E-state index contributed by atoms with van der Waals surface area (Å²) in [6.45, 7) is 0.